The van der Waals surface area contributed by atoms with Crippen LogP contribution in [0.15, 0.2) is 29.1 Å². The Labute approximate surface area is 164 Å². The van der Waals surface area contributed by atoms with E-state index in [0.29, 0.717) is 18.1 Å². The van der Waals surface area contributed by atoms with Crippen LogP contribution in [0.3, 0.4) is 0 Å². The molecule has 1 aromatic carbocycles. The van der Waals surface area contributed by atoms with E-state index in [4.69, 9.17) is 21.7 Å². The minimum Gasteiger partial charge on any atom is -0.497 e. The molecule has 0 aliphatic carbocycles. The number of rotatable bonds is 7. The number of ether oxygens (including phenoxy) is 2. The first-order valence-corrected chi connectivity index (χ1v) is 9.69. The number of hydrogen-bond donors (Lipinski definition) is 4. The molecule has 1 aromatic heterocycles. The van der Waals surface area contributed by atoms with Crippen LogP contribution in [0, 0.1) is 0 Å². The number of hydrogen-bond acceptors (Lipinski definition) is 4. The molecule has 2 heterocycles. The fourth-order valence-electron chi connectivity index (χ4n) is 3.17. The molecule has 0 bridgehead atoms. The van der Waals surface area contributed by atoms with Crippen LogP contribution in [0.1, 0.15) is 5.56 Å². The van der Waals surface area contributed by atoms with Gasteiger partial charge in [0.1, 0.15) is 18.8 Å². The normalized spacial score (nSPS) is 14.9. The van der Waals surface area contributed by atoms with Gasteiger partial charge in [-0.05, 0) is 42.2 Å². The average Bonchev–Trinajstić information content (AvgIpc) is 2.69. The molecule has 1 saturated heterocycles. The molecule has 0 unspecified atom stereocenters. The van der Waals surface area contributed by atoms with Crippen LogP contribution in [0.5, 0.6) is 5.75 Å². The van der Waals surface area contributed by atoms with E-state index < -0.39 is 0 Å². The molecule has 0 amide bonds. The highest BCUT2D eigenvalue weighted by atomic mass is 32.1. The summed E-state index contributed by atoms with van der Waals surface area (Å²) in [6, 6.07) is 7.58. The molecule has 1 fully saturated rings. The molecule has 27 heavy (non-hydrogen) atoms. The Bertz CT molecular complexity index is 833. The maximum Gasteiger partial charge on any atom is 0.251 e. The number of H-pyrrole nitrogens is 1. The van der Waals surface area contributed by atoms with E-state index in [1.807, 2.05) is 24.3 Å². The van der Waals surface area contributed by atoms with Crippen molar-refractivity contribution in [3.05, 3.63) is 40.2 Å². The molecule has 0 atom stereocenters. The van der Waals surface area contributed by atoms with Gasteiger partial charge in [-0.1, -0.05) is 0 Å². The topological polar surface area (TPSA) is 79.8 Å². The minimum atomic E-state index is -0.0765. The van der Waals surface area contributed by atoms with E-state index in [-0.39, 0.29) is 5.56 Å². The maximum atomic E-state index is 12.3. The zero-order chi connectivity index (χ0) is 19.1. The molecule has 2 aromatic rings. The lowest BCUT2D eigenvalue weighted by Crippen LogP contribution is -3.14. The van der Waals surface area contributed by atoms with Gasteiger partial charge in [0, 0.05) is 18.2 Å². The summed E-state index contributed by atoms with van der Waals surface area (Å²) in [4.78, 5) is 16.7. The molecule has 0 radical (unpaired) electrons. The van der Waals surface area contributed by atoms with E-state index in [0.717, 1.165) is 61.6 Å². The van der Waals surface area contributed by atoms with Crippen LogP contribution in [0.25, 0.3) is 10.9 Å². The summed E-state index contributed by atoms with van der Waals surface area (Å²) in [6.45, 7) is 6.26. The first-order chi connectivity index (χ1) is 13.2. The van der Waals surface area contributed by atoms with Crippen LogP contribution < -0.4 is 25.8 Å². The molecule has 8 heteroatoms. The number of benzene rings is 1. The Balaban J connectivity index is 1.44. The lowest BCUT2D eigenvalue weighted by Gasteiger charge is -2.24. The van der Waals surface area contributed by atoms with Crippen molar-refractivity contribution in [3.8, 4) is 5.75 Å². The fourth-order valence-corrected chi connectivity index (χ4v) is 3.38. The predicted molar refractivity (Wildman–Crippen MR) is 110 cm³/mol. The molecular weight excluding hydrogens is 364 g/mol. The molecule has 4 N–H and O–H groups in total. The van der Waals surface area contributed by atoms with Gasteiger partial charge in [0.05, 0.1) is 38.9 Å². The summed E-state index contributed by atoms with van der Waals surface area (Å²) in [7, 11) is 1.61. The molecule has 146 valence electrons. The van der Waals surface area contributed by atoms with Gasteiger partial charge in [0.15, 0.2) is 5.11 Å². The smallest absolute Gasteiger partial charge is 0.251 e. The molecule has 1 aliphatic heterocycles. The number of methoxy groups -OCH3 is 1. The summed E-state index contributed by atoms with van der Waals surface area (Å²) in [5.74, 6) is 0.725. The van der Waals surface area contributed by atoms with Crippen molar-refractivity contribution >= 4 is 28.2 Å². The number of fused-ring (bicyclic) bond motifs is 1. The predicted octanol–water partition coefficient (Wildman–Crippen LogP) is -0.542. The van der Waals surface area contributed by atoms with E-state index >= 15 is 0 Å². The third-order valence-corrected chi connectivity index (χ3v) is 5.06. The monoisotopic (exact) mass is 391 g/mol. The van der Waals surface area contributed by atoms with E-state index in [1.165, 1.54) is 4.90 Å². The van der Waals surface area contributed by atoms with Gasteiger partial charge in [-0.3, -0.25) is 4.79 Å². The minimum absolute atomic E-state index is 0.0765. The lowest BCUT2D eigenvalue weighted by atomic mass is 10.1. The zero-order valence-electron chi connectivity index (χ0n) is 15.6. The summed E-state index contributed by atoms with van der Waals surface area (Å²) < 4.78 is 10.5. The molecule has 3 rings (SSSR count). The van der Waals surface area contributed by atoms with Gasteiger partial charge < -0.3 is 30.0 Å². The first-order valence-electron chi connectivity index (χ1n) is 9.28. The highest BCUT2D eigenvalue weighted by Crippen LogP contribution is 2.18. The third-order valence-electron chi connectivity index (χ3n) is 4.77. The number of nitrogens with one attached hydrogen (secondary N) is 4. The first kappa shape index (κ1) is 19.6. The fraction of sp³-hybridized carbons (Fsp3) is 0.474. The SMILES string of the molecule is COc1ccc2cc(CCNC(=S)NCC[NH+]3CCOCC3)c(=O)[nH]c2c1. The summed E-state index contributed by atoms with van der Waals surface area (Å²) in [6.07, 6.45) is 0.605. The number of pyridine rings is 1. The molecular formula is C19H27N4O3S+. The maximum absolute atomic E-state index is 12.3. The Morgan fingerprint density at radius 2 is 2.04 bits per heavy atom. The van der Waals surface area contributed by atoms with Gasteiger partial charge in [0.25, 0.3) is 5.56 Å². The summed E-state index contributed by atoms with van der Waals surface area (Å²) in [5, 5.41) is 8.02. The van der Waals surface area contributed by atoms with Gasteiger partial charge in [-0.15, -0.1) is 0 Å². The zero-order valence-corrected chi connectivity index (χ0v) is 16.4. The van der Waals surface area contributed by atoms with E-state index in [2.05, 4.69) is 15.6 Å². The number of thiocarbonyl (C=S) groups is 1. The van der Waals surface area contributed by atoms with Crippen molar-refractivity contribution in [1.82, 2.24) is 15.6 Å². The molecule has 0 saturated carbocycles. The summed E-state index contributed by atoms with van der Waals surface area (Å²) >= 11 is 5.32. The van der Waals surface area contributed by atoms with Crippen LogP contribution in [0.4, 0.5) is 0 Å². The van der Waals surface area contributed by atoms with Crippen molar-refractivity contribution in [2.45, 2.75) is 6.42 Å². The van der Waals surface area contributed by atoms with Crippen molar-refractivity contribution in [2.75, 3.05) is 53.0 Å². The number of aromatic amines is 1. The van der Waals surface area contributed by atoms with Gasteiger partial charge >= 0.3 is 0 Å². The van der Waals surface area contributed by atoms with Crippen LogP contribution >= 0.6 is 12.2 Å². The Kier molecular flexibility index (Phi) is 7.03. The Morgan fingerprint density at radius 3 is 2.81 bits per heavy atom. The number of aromatic nitrogens is 1. The highest BCUT2D eigenvalue weighted by molar-refractivity contribution is 7.80. The van der Waals surface area contributed by atoms with E-state index in [1.54, 1.807) is 7.11 Å². The van der Waals surface area contributed by atoms with Crippen molar-refractivity contribution in [2.24, 2.45) is 0 Å². The van der Waals surface area contributed by atoms with Crippen molar-refractivity contribution < 1.29 is 14.4 Å². The second kappa shape index (κ2) is 9.68. The quantitative estimate of drug-likeness (QED) is 0.475. The molecule has 1 aliphatic rings. The van der Waals surface area contributed by atoms with Gasteiger partial charge in [-0.25, -0.2) is 0 Å². The molecule has 7 nitrogen and oxygen atoms in total. The highest BCUT2D eigenvalue weighted by Gasteiger charge is 2.12. The van der Waals surface area contributed by atoms with Crippen molar-refractivity contribution in [3.63, 3.8) is 0 Å². The largest absolute Gasteiger partial charge is 0.497 e. The van der Waals surface area contributed by atoms with Gasteiger partial charge in [0.2, 0.25) is 0 Å². The summed E-state index contributed by atoms with van der Waals surface area (Å²) in [5.41, 5.74) is 1.44. The Hall–Kier alpha value is -2.16. The van der Waals surface area contributed by atoms with Gasteiger partial charge in [-0.2, -0.15) is 0 Å². The lowest BCUT2D eigenvalue weighted by molar-refractivity contribution is -0.906. The van der Waals surface area contributed by atoms with Crippen LogP contribution in [0.2, 0.25) is 0 Å². The number of quaternary nitrogens is 1. The third kappa shape index (κ3) is 5.66. The Morgan fingerprint density at radius 1 is 1.26 bits per heavy atom. The van der Waals surface area contributed by atoms with Crippen molar-refractivity contribution in [1.29, 1.82) is 0 Å². The van der Waals surface area contributed by atoms with E-state index in [9.17, 15) is 4.79 Å². The number of morpholine rings is 1. The second-order valence-electron chi connectivity index (χ2n) is 6.62. The second-order valence-corrected chi connectivity index (χ2v) is 7.03. The average molecular weight is 392 g/mol. The molecule has 0 spiro atoms. The van der Waals surface area contributed by atoms with Crippen LogP contribution in [-0.2, 0) is 11.2 Å². The standard InChI is InChI=1S/C19H26N4O3S/c1-25-16-3-2-14-12-15(18(24)22-17(14)13-16)4-5-20-19(27)21-6-7-23-8-10-26-11-9-23/h2-3,12-13H,4-11H2,1H3,(H,22,24)(H2,20,21,27)/p+1. The van der Waals surface area contributed by atoms with Crippen LogP contribution in [-0.4, -0.2) is 63.1 Å².